The van der Waals surface area contributed by atoms with Gasteiger partial charge in [0.05, 0.1) is 0 Å². The Hall–Kier alpha value is -1.27. The minimum absolute atomic E-state index is 0.193. The number of ether oxygens (including phenoxy) is 1. The molecule has 1 amide bonds. The standard InChI is InChI=1S/C15H13ClINO2/c1-10(20-14-8-2-11(16)3-9-14)15(19)18-13-6-4-12(17)5-7-13/h2-10H,1H3,(H,18,19). The summed E-state index contributed by atoms with van der Waals surface area (Å²) in [5.41, 5.74) is 0.752. The first-order valence-electron chi connectivity index (χ1n) is 6.03. The van der Waals surface area contributed by atoms with E-state index in [9.17, 15) is 4.79 Å². The summed E-state index contributed by atoms with van der Waals surface area (Å²) >= 11 is 8.01. The van der Waals surface area contributed by atoms with Gasteiger partial charge in [0, 0.05) is 14.3 Å². The third kappa shape index (κ3) is 4.38. The first-order chi connectivity index (χ1) is 9.54. The minimum Gasteiger partial charge on any atom is -0.481 e. The topological polar surface area (TPSA) is 38.3 Å². The van der Waals surface area contributed by atoms with Crippen LogP contribution in [-0.4, -0.2) is 12.0 Å². The summed E-state index contributed by atoms with van der Waals surface area (Å²) in [7, 11) is 0. The molecule has 3 nitrogen and oxygen atoms in total. The van der Waals surface area contributed by atoms with Crippen molar-refractivity contribution < 1.29 is 9.53 Å². The van der Waals surface area contributed by atoms with Gasteiger partial charge in [0.2, 0.25) is 0 Å². The quantitative estimate of drug-likeness (QED) is 0.774. The molecule has 1 unspecified atom stereocenters. The van der Waals surface area contributed by atoms with E-state index in [0.29, 0.717) is 10.8 Å². The second kappa shape index (κ2) is 6.95. The van der Waals surface area contributed by atoms with Gasteiger partial charge in [0.15, 0.2) is 6.10 Å². The number of hydrogen-bond acceptors (Lipinski definition) is 2. The van der Waals surface area contributed by atoms with E-state index in [2.05, 4.69) is 27.9 Å². The Morgan fingerprint density at radius 1 is 1.15 bits per heavy atom. The summed E-state index contributed by atoms with van der Waals surface area (Å²) in [6.07, 6.45) is -0.588. The van der Waals surface area contributed by atoms with Crippen LogP contribution in [0, 0.1) is 3.57 Å². The van der Waals surface area contributed by atoms with Crippen molar-refractivity contribution in [3.8, 4) is 5.75 Å². The Morgan fingerprint density at radius 3 is 2.35 bits per heavy atom. The first kappa shape index (κ1) is 15.1. The average molecular weight is 402 g/mol. The molecular weight excluding hydrogens is 389 g/mol. The summed E-state index contributed by atoms with van der Waals surface area (Å²) < 4.78 is 6.67. The average Bonchev–Trinajstić information content (AvgIpc) is 2.44. The molecule has 0 fully saturated rings. The normalized spacial score (nSPS) is 11.8. The van der Waals surface area contributed by atoms with E-state index < -0.39 is 6.10 Å². The summed E-state index contributed by atoms with van der Waals surface area (Å²) in [6, 6.07) is 14.5. The Kier molecular flexibility index (Phi) is 5.25. The fraction of sp³-hybridized carbons (Fsp3) is 0.133. The molecule has 0 saturated carbocycles. The van der Waals surface area contributed by atoms with Gasteiger partial charge in [-0.1, -0.05) is 11.6 Å². The number of rotatable bonds is 4. The van der Waals surface area contributed by atoms with E-state index in [0.717, 1.165) is 9.26 Å². The smallest absolute Gasteiger partial charge is 0.265 e. The van der Waals surface area contributed by atoms with Gasteiger partial charge in [-0.3, -0.25) is 4.79 Å². The minimum atomic E-state index is -0.588. The third-order valence-electron chi connectivity index (χ3n) is 2.61. The molecule has 20 heavy (non-hydrogen) atoms. The number of halogens is 2. The number of carbonyl (C=O) groups is 1. The molecule has 0 saturated heterocycles. The van der Waals surface area contributed by atoms with E-state index in [4.69, 9.17) is 16.3 Å². The van der Waals surface area contributed by atoms with E-state index >= 15 is 0 Å². The molecule has 2 aromatic rings. The van der Waals surface area contributed by atoms with Gasteiger partial charge >= 0.3 is 0 Å². The fourth-order valence-corrected chi connectivity index (χ4v) is 2.03. The maximum atomic E-state index is 12.0. The van der Waals surface area contributed by atoms with Crippen molar-refractivity contribution in [2.75, 3.05) is 5.32 Å². The van der Waals surface area contributed by atoms with Crippen molar-refractivity contribution in [3.63, 3.8) is 0 Å². The third-order valence-corrected chi connectivity index (χ3v) is 3.58. The van der Waals surface area contributed by atoms with Crippen LogP contribution in [0.4, 0.5) is 5.69 Å². The van der Waals surface area contributed by atoms with Crippen molar-refractivity contribution >= 4 is 45.8 Å². The maximum absolute atomic E-state index is 12.0. The molecule has 1 atom stereocenters. The zero-order valence-corrected chi connectivity index (χ0v) is 13.7. The van der Waals surface area contributed by atoms with Crippen LogP contribution in [-0.2, 0) is 4.79 Å². The molecule has 5 heteroatoms. The van der Waals surface area contributed by atoms with E-state index in [-0.39, 0.29) is 5.91 Å². The van der Waals surface area contributed by atoms with Crippen molar-refractivity contribution in [1.82, 2.24) is 0 Å². The molecule has 0 bridgehead atoms. The van der Waals surface area contributed by atoms with Crippen LogP contribution in [0.1, 0.15) is 6.92 Å². The van der Waals surface area contributed by atoms with Crippen molar-refractivity contribution in [2.45, 2.75) is 13.0 Å². The van der Waals surface area contributed by atoms with Crippen LogP contribution >= 0.6 is 34.2 Å². The summed E-state index contributed by atoms with van der Waals surface area (Å²) in [5, 5.41) is 3.44. The molecule has 0 radical (unpaired) electrons. The van der Waals surface area contributed by atoms with Gasteiger partial charge in [-0.2, -0.15) is 0 Å². The Balaban J connectivity index is 1.94. The van der Waals surface area contributed by atoms with E-state index in [1.165, 1.54) is 0 Å². The highest BCUT2D eigenvalue weighted by Crippen LogP contribution is 2.17. The molecule has 1 N–H and O–H groups in total. The SMILES string of the molecule is CC(Oc1ccc(Cl)cc1)C(=O)Nc1ccc(I)cc1. The van der Waals surface area contributed by atoms with Crippen molar-refractivity contribution in [3.05, 3.63) is 57.1 Å². The van der Waals surface area contributed by atoms with Crippen LogP contribution in [0.5, 0.6) is 5.75 Å². The molecule has 0 aliphatic rings. The van der Waals surface area contributed by atoms with Crippen LogP contribution in [0.15, 0.2) is 48.5 Å². The van der Waals surface area contributed by atoms with Gasteiger partial charge in [-0.25, -0.2) is 0 Å². The predicted molar refractivity (Wildman–Crippen MR) is 89.3 cm³/mol. The second-order valence-corrected chi connectivity index (χ2v) is 5.89. The summed E-state index contributed by atoms with van der Waals surface area (Å²) in [5.74, 6) is 0.417. The van der Waals surface area contributed by atoms with Gasteiger partial charge in [0.25, 0.3) is 5.91 Å². The van der Waals surface area contributed by atoms with Gasteiger partial charge in [-0.05, 0) is 78.0 Å². The van der Waals surface area contributed by atoms with E-state index in [1.54, 1.807) is 31.2 Å². The molecule has 2 aromatic carbocycles. The molecular formula is C15H13ClINO2. The lowest BCUT2D eigenvalue weighted by molar-refractivity contribution is -0.122. The molecule has 0 aromatic heterocycles. The number of benzene rings is 2. The molecule has 0 aliphatic heterocycles. The lowest BCUT2D eigenvalue weighted by Crippen LogP contribution is -2.30. The number of anilines is 1. The van der Waals surface area contributed by atoms with Crippen LogP contribution in [0.25, 0.3) is 0 Å². The van der Waals surface area contributed by atoms with Crippen LogP contribution in [0.3, 0.4) is 0 Å². The number of nitrogens with one attached hydrogen (secondary N) is 1. The number of amides is 1. The summed E-state index contributed by atoms with van der Waals surface area (Å²) in [4.78, 5) is 12.0. The molecule has 104 valence electrons. The van der Waals surface area contributed by atoms with Gasteiger partial charge < -0.3 is 10.1 Å². The summed E-state index contributed by atoms with van der Waals surface area (Å²) in [6.45, 7) is 1.70. The predicted octanol–water partition coefficient (Wildman–Crippen LogP) is 4.35. The lowest BCUT2D eigenvalue weighted by Gasteiger charge is -2.14. The molecule has 2 rings (SSSR count). The second-order valence-electron chi connectivity index (χ2n) is 4.21. The highest BCUT2D eigenvalue weighted by Gasteiger charge is 2.14. The highest BCUT2D eigenvalue weighted by molar-refractivity contribution is 14.1. The lowest BCUT2D eigenvalue weighted by atomic mass is 10.3. The first-order valence-corrected chi connectivity index (χ1v) is 7.49. The molecule has 0 aliphatic carbocycles. The highest BCUT2D eigenvalue weighted by atomic mass is 127. The van der Waals surface area contributed by atoms with E-state index in [1.807, 2.05) is 24.3 Å². The Labute approximate surface area is 136 Å². The van der Waals surface area contributed by atoms with Crippen LogP contribution < -0.4 is 10.1 Å². The zero-order chi connectivity index (χ0) is 14.5. The zero-order valence-electron chi connectivity index (χ0n) is 10.8. The Bertz CT molecular complexity index is 584. The van der Waals surface area contributed by atoms with Crippen molar-refractivity contribution in [2.24, 2.45) is 0 Å². The van der Waals surface area contributed by atoms with Gasteiger partial charge in [-0.15, -0.1) is 0 Å². The Morgan fingerprint density at radius 2 is 1.75 bits per heavy atom. The fourth-order valence-electron chi connectivity index (χ4n) is 1.55. The monoisotopic (exact) mass is 401 g/mol. The van der Waals surface area contributed by atoms with Gasteiger partial charge in [0.1, 0.15) is 5.75 Å². The number of hydrogen-bond donors (Lipinski definition) is 1. The molecule has 0 heterocycles. The number of carbonyl (C=O) groups excluding carboxylic acids is 1. The van der Waals surface area contributed by atoms with Crippen LogP contribution in [0.2, 0.25) is 5.02 Å². The largest absolute Gasteiger partial charge is 0.481 e. The molecule has 0 spiro atoms. The maximum Gasteiger partial charge on any atom is 0.265 e. The van der Waals surface area contributed by atoms with Crippen molar-refractivity contribution in [1.29, 1.82) is 0 Å².